The molecule has 9 nitrogen and oxygen atoms in total. The number of hydrogen-bond acceptors (Lipinski definition) is 7. The Morgan fingerprint density at radius 3 is 2.28 bits per heavy atom. The van der Waals surface area contributed by atoms with Gasteiger partial charge in [0.2, 0.25) is 0 Å². The van der Waals surface area contributed by atoms with Crippen molar-refractivity contribution < 1.29 is 23.9 Å². The van der Waals surface area contributed by atoms with Crippen LogP contribution < -0.4 is 10.6 Å². The molecule has 2 fully saturated rings. The van der Waals surface area contributed by atoms with Gasteiger partial charge in [-0.25, -0.2) is 4.79 Å². The van der Waals surface area contributed by atoms with Gasteiger partial charge in [0.15, 0.2) is 0 Å². The molecule has 0 bridgehead atoms. The number of ether oxygens (including phenoxy) is 1. The van der Waals surface area contributed by atoms with Crippen LogP contribution in [-0.2, 0) is 24.7 Å². The highest BCUT2D eigenvalue weighted by molar-refractivity contribution is 8.02. The van der Waals surface area contributed by atoms with Crippen LogP contribution in [0.1, 0.15) is 39.0 Å². The van der Waals surface area contributed by atoms with Gasteiger partial charge in [-0.05, 0) is 56.5 Å². The number of aromatic nitrogens is 1. The molecule has 1 unspecified atom stereocenters. The fourth-order valence-corrected chi connectivity index (χ4v) is 6.86. The van der Waals surface area contributed by atoms with Crippen molar-refractivity contribution in [1.82, 2.24) is 20.5 Å². The molecule has 0 spiro atoms. The van der Waals surface area contributed by atoms with Crippen LogP contribution in [0.15, 0.2) is 84.6 Å². The molecular formula is C33H34N4O5S. The summed E-state index contributed by atoms with van der Waals surface area (Å²) in [5.41, 5.74) is 2.98. The van der Waals surface area contributed by atoms with Gasteiger partial charge in [-0.3, -0.25) is 14.6 Å². The number of hydrogen-bond donors (Lipinski definition) is 2. The molecular weight excluding hydrogens is 564 g/mol. The lowest BCUT2D eigenvalue weighted by Gasteiger charge is -2.39. The lowest BCUT2D eigenvalue weighted by molar-refractivity contribution is -0.139. The first-order valence-corrected chi connectivity index (χ1v) is 14.9. The summed E-state index contributed by atoms with van der Waals surface area (Å²) in [7, 11) is 0. The SMILES string of the molecule is CC(C)(OC(=O)NCCNC(=O)/C(=C1\C(=O)N2C1SC(C)(C)[C@@H]2C=O)c1ccccn1)c1ccc(-c2ccccc2)cc1. The fraction of sp³-hybridized carbons (Fsp3) is 0.303. The minimum absolute atomic E-state index is 0.0991. The van der Waals surface area contributed by atoms with Gasteiger partial charge in [-0.1, -0.05) is 60.7 Å². The second-order valence-corrected chi connectivity index (χ2v) is 13.1. The average molecular weight is 599 g/mol. The summed E-state index contributed by atoms with van der Waals surface area (Å²) in [4.78, 5) is 56.8. The Balaban J connectivity index is 1.20. The van der Waals surface area contributed by atoms with Gasteiger partial charge in [0.25, 0.3) is 11.8 Å². The zero-order valence-electron chi connectivity index (χ0n) is 24.5. The van der Waals surface area contributed by atoms with Gasteiger partial charge >= 0.3 is 6.09 Å². The largest absolute Gasteiger partial charge is 0.439 e. The number of nitrogens with zero attached hydrogens (tertiary/aromatic N) is 2. The number of fused-ring (bicyclic) bond motifs is 1. The molecule has 2 N–H and O–H groups in total. The average Bonchev–Trinajstić information content (AvgIpc) is 3.24. The molecule has 2 aliphatic heterocycles. The zero-order valence-corrected chi connectivity index (χ0v) is 25.3. The van der Waals surface area contributed by atoms with Gasteiger partial charge in [0.1, 0.15) is 23.3 Å². The van der Waals surface area contributed by atoms with E-state index in [4.69, 9.17) is 4.74 Å². The van der Waals surface area contributed by atoms with Gasteiger partial charge in [0.05, 0.1) is 16.8 Å². The van der Waals surface area contributed by atoms with Crippen molar-refractivity contribution in [3.05, 3.63) is 95.8 Å². The summed E-state index contributed by atoms with van der Waals surface area (Å²) in [6.07, 6.45) is 1.72. The summed E-state index contributed by atoms with van der Waals surface area (Å²) in [5, 5.41) is 5.05. The number of nitrogens with one attached hydrogen (secondary N) is 2. The van der Waals surface area contributed by atoms with Crippen molar-refractivity contribution in [3.63, 3.8) is 0 Å². The molecule has 1 aromatic heterocycles. The number of carbonyl (C=O) groups excluding carboxylic acids is 4. The van der Waals surface area contributed by atoms with E-state index in [1.807, 2.05) is 82.3 Å². The van der Waals surface area contributed by atoms with Crippen LogP contribution in [0.2, 0.25) is 0 Å². The third-order valence-electron chi connectivity index (χ3n) is 7.65. The molecule has 222 valence electrons. The number of thioether (sulfide) groups is 1. The van der Waals surface area contributed by atoms with E-state index in [9.17, 15) is 19.2 Å². The van der Waals surface area contributed by atoms with E-state index in [1.54, 1.807) is 24.4 Å². The number of carbonyl (C=O) groups is 4. The molecule has 5 rings (SSSR count). The van der Waals surface area contributed by atoms with Gasteiger partial charge in [-0.2, -0.15) is 0 Å². The maximum atomic E-state index is 13.4. The standard InChI is InChI=1S/C33H34N4O5S/c1-32(2,23-15-13-22(14-16-23)21-10-6-5-7-11-21)42-31(41)36-19-18-35-28(39)26(24-12-8-9-17-34-24)27-29(40)37-25(20-38)33(3,4)43-30(27)37/h5-17,20,25,30H,18-19H2,1-4H3,(H,35,39)(H,36,41)/b27-26+/t25-,30?/m0/s1. The first kappa shape index (κ1) is 30.0. The normalized spacial score (nSPS) is 20.0. The van der Waals surface area contributed by atoms with Gasteiger partial charge in [-0.15, -0.1) is 11.8 Å². The van der Waals surface area contributed by atoms with Crippen LogP contribution in [0.5, 0.6) is 0 Å². The zero-order chi connectivity index (χ0) is 30.8. The lowest BCUT2D eigenvalue weighted by atomic mass is 9.91. The summed E-state index contributed by atoms with van der Waals surface area (Å²) in [5.74, 6) is -0.833. The van der Waals surface area contributed by atoms with E-state index in [2.05, 4.69) is 15.6 Å². The summed E-state index contributed by atoms with van der Waals surface area (Å²) >= 11 is 1.47. The van der Waals surface area contributed by atoms with E-state index < -0.39 is 33.8 Å². The third kappa shape index (κ3) is 6.06. The van der Waals surface area contributed by atoms with Gasteiger partial charge < -0.3 is 25.1 Å². The Morgan fingerprint density at radius 2 is 1.63 bits per heavy atom. The highest BCUT2D eigenvalue weighted by Gasteiger charge is 2.60. The smallest absolute Gasteiger partial charge is 0.408 e. The first-order valence-electron chi connectivity index (χ1n) is 14.1. The van der Waals surface area contributed by atoms with Crippen LogP contribution in [0.25, 0.3) is 16.7 Å². The maximum absolute atomic E-state index is 13.4. The van der Waals surface area contributed by atoms with Crippen molar-refractivity contribution in [3.8, 4) is 11.1 Å². The maximum Gasteiger partial charge on any atom is 0.408 e. The molecule has 2 aromatic carbocycles. The predicted molar refractivity (Wildman–Crippen MR) is 166 cm³/mol. The Hall–Kier alpha value is -4.44. The fourth-order valence-electron chi connectivity index (χ4n) is 5.30. The Labute approximate surface area is 255 Å². The molecule has 43 heavy (non-hydrogen) atoms. The number of benzene rings is 2. The molecule has 2 saturated heterocycles. The Bertz CT molecular complexity index is 1560. The number of alkyl carbamates (subject to hydrolysis) is 1. The first-order chi connectivity index (χ1) is 20.5. The van der Waals surface area contributed by atoms with E-state index in [0.717, 1.165) is 23.0 Å². The quantitative estimate of drug-likeness (QED) is 0.161. The van der Waals surface area contributed by atoms with E-state index in [1.165, 1.54) is 16.7 Å². The van der Waals surface area contributed by atoms with E-state index in [-0.39, 0.29) is 24.6 Å². The molecule has 3 heterocycles. The molecule has 0 saturated carbocycles. The van der Waals surface area contributed by atoms with Crippen LogP contribution in [0, 0.1) is 0 Å². The second-order valence-electron chi connectivity index (χ2n) is 11.4. The number of β-lactam (4-membered cyclic amide) rings is 1. The molecule has 0 aliphatic carbocycles. The molecule has 10 heteroatoms. The van der Waals surface area contributed by atoms with Crippen molar-refractivity contribution in [2.75, 3.05) is 13.1 Å². The van der Waals surface area contributed by atoms with Crippen LogP contribution in [0.3, 0.4) is 0 Å². The topological polar surface area (TPSA) is 118 Å². The predicted octanol–water partition coefficient (Wildman–Crippen LogP) is 4.54. The Kier molecular flexibility index (Phi) is 8.41. The lowest BCUT2D eigenvalue weighted by Crippen LogP contribution is -2.57. The van der Waals surface area contributed by atoms with E-state index in [0.29, 0.717) is 11.3 Å². The minimum Gasteiger partial charge on any atom is -0.439 e. The molecule has 3 amide bonds. The number of rotatable bonds is 9. The van der Waals surface area contributed by atoms with Crippen LogP contribution in [-0.4, -0.2) is 63.3 Å². The highest BCUT2D eigenvalue weighted by atomic mass is 32.2. The summed E-state index contributed by atoms with van der Waals surface area (Å²) in [6, 6.07) is 22.4. The molecule has 2 aliphatic rings. The molecule has 3 aromatic rings. The highest BCUT2D eigenvalue weighted by Crippen LogP contribution is 2.53. The summed E-state index contributed by atoms with van der Waals surface area (Å²) < 4.78 is 5.21. The van der Waals surface area contributed by atoms with Crippen LogP contribution >= 0.6 is 11.8 Å². The minimum atomic E-state index is -0.887. The number of pyridine rings is 1. The van der Waals surface area contributed by atoms with E-state index >= 15 is 0 Å². The Morgan fingerprint density at radius 1 is 0.977 bits per heavy atom. The van der Waals surface area contributed by atoms with Crippen molar-refractivity contribution in [2.45, 2.75) is 49.5 Å². The van der Waals surface area contributed by atoms with Crippen molar-refractivity contribution in [2.24, 2.45) is 0 Å². The monoisotopic (exact) mass is 598 g/mol. The molecule has 0 radical (unpaired) electrons. The second kappa shape index (κ2) is 12.0. The third-order valence-corrected chi connectivity index (χ3v) is 9.19. The number of aldehydes is 1. The van der Waals surface area contributed by atoms with Crippen molar-refractivity contribution >= 4 is 41.5 Å². The van der Waals surface area contributed by atoms with Crippen LogP contribution in [0.4, 0.5) is 4.79 Å². The van der Waals surface area contributed by atoms with Gasteiger partial charge in [0, 0.05) is 24.0 Å². The van der Waals surface area contributed by atoms with Crippen molar-refractivity contribution in [1.29, 1.82) is 0 Å². The number of amides is 3. The summed E-state index contributed by atoms with van der Waals surface area (Å²) in [6.45, 7) is 7.65. The molecule has 2 atom stereocenters.